The monoisotopic (exact) mass is 435 g/mol. The molecule has 0 saturated carbocycles. The lowest BCUT2D eigenvalue weighted by molar-refractivity contribution is 0.347. The second-order valence-corrected chi connectivity index (χ2v) is 8.65. The first-order valence-corrected chi connectivity index (χ1v) is 11.2. The van der Waals surface area contributed by atoms with E-state index in [2.05, 4.69) is 15.6 Å². The number of benzene rings is 2. The summed E-state index contributed by atoms with van der Waals surface area (Å²) in [6.07, 6.45) is 1.21. The van der Waals surface area contributed by atoms with Crippen LogP contribution < -0.4 is 24.8 Å². The van der Waals surface area contributed by atoms with E-state index in [0.717, 1.165) is 16.7 Å². The zero-order chi connectivity index (χ0) is 22.3. The number of rotatable bonds is 8. The summed E-state index contributed by atoms with van der Waals surface area (Å²) in [5.74, 6) is 2.47. The highest BCUT2D eigenvalue weighted by molar-refractivity contribution is 7.90. The maximum absolute atomic E-state index is 11.8. The van der Waals surface area contributed by atoms with Crippen molar-refractivity contribution in [2.24, 2.45) is 4.99 Å². The number of hydrogen-bond acceptors (Lipinski definition) is 6. The average molecular weight is 436 g/mol. The van der Waals surface area contributed by atoms with E-state index in [-0.39, 0.29) is 0 Å². The molecule has 2 aromatic rings. The predicted octanol–water partition coefficient (Wildman–Crippen LogP) is 2.29. The van der Waals surface area contributed by atoms with E-state index in [1.165, 1.54) is 6.26 Å². The average Bonchev–Trinajstić information content (AvgIpc) is 2.72. The second-order valence-electron chi connectivity index (χ2n) is 6.67. The van der Waals surface area contributed by atoms with E-state index in [1.807, 2.05) is 12.1 Å². The highest BCUT2D eigenvalue weighted by atomic mass is 32.2. The number of nitrogens with zero attached hydrogens (tertiary/aromatic N) is 1. The summed E-state index contributed by atoms with van der Waals surface area (Å²) in [5, 5.41) is 6.46. The third kappa shape index (κ3) is 5.79. The van der Waals surface area contributed by atoms with Gasteiger partial charge in [0.2, 0.25) is 0 Å². The SMILES string of the molecule is CN=C(NCc1ccc(S(C)(=O)=O)c(C)c1)NCc1cc(OC)c(OC)cc1OC. The molecule has 2 rings (SSSR count). The minimum atomic E-state index is -3.23. The van der Waals surface area contributed by atoms with Crippen LogP contribution in [0.5, 0.6) is 17.2 Å². The quantitative estimate of drug-likeness (QED) is 0.485. The summed E-state index contributed by atoms with van der Waals surface area (Å²) in [4.78, 5) is 4.57. The molecule has 0 fully saturated rings. The van der Waals surface area contributed by atoms with Crippen molar-refractivity contribution in [3.63, 3.8) is 0 Å². The predicted molar refractivity (Wildman–Crippen MR) is 117 cm³/mol. The molecule has 0 saturated heterocycles. The standard InChI is InChI=1S/C21H29N3O5S/c1-14-9-15(7-8-20(14)30(6,25)26)12-23-21(22-2)24-13-16-10-18(28-4)19(29-5)11-17(16)27-3/h7-11H,12-13H2,1-6H3,(H2,22,23,24). The Morgan fingerprint density at radius 2 is 1.53 bits per heavy atom. The fraction of sp³-hybridized carbons (Fsp3) is 0.381. The molecule has 164 valence electrons. The summed E-state index contributed by atoms with van der Waals surface area (Å²) in [6.45, 7) is 2.74. The molecule has 0 spiro atoms. The van der Waals surface area contributed by atoms with Crippen molar-refractivity contribution in [3.05, 3.63) is 47.0 Å². The fourth-order valence-electron chi connectivity index (χ4n) is 3.05. The molecule has 0 unspecified atom stereocenters. The Bertz CT molecular complexity index is 1020. The van der Waals surface area contributed by atoms with Crippen LogP contribution in [0.4, 0.5) is 0 Å². The first kappa shape index (κ1) is 23.3. The van der Waals surface area contributed by atoms with Gasteiger partial charge in [0, 0.05) is 38.0 Å². The minimum Gasteiger partial charge on any atom is -0.496 e. The third-order valence-corrected chi connectivity index (χ3v) is 5.81. The van der Waals surface area contributed by atoms with Gasteiger partial charge in [-0.3, -0.25) is 4.99 Å². The molecule has 0 aliphatic heterocycles. The Morgan fingerprint density at radius 1 is 0.933 bits per heavy atom. The van der Waals surface area contributed by atoms with Gasteiger partial charge in [-0.05, 0) is 30.2 Å². The molecular formula is C21H29N3O5S. The Labute approximate surface area is 178 Å². The van der Waals surface area contributed by atoms with Crippen LogP contribution in [0, 0.1) is 6.92 Å². The maximum atomic E-state index is 11.8. The number of ether oxygens (including phenoxy) is 3. The molecule has 8 nitrogen and oxygen atoms in total. The zero-order valence-corrected chi connectivity index (χ0v) is 19.0. The van der Waals surface area contributed by atoms with Crippen LogP contribution in [0.15, 0.2) is 40.2 Å². The van der Waals surface area contributed by atoms with Crippen LogP contribution >= 0.6 is 0 Å². The maximum Gasteiger partial charge on any atom is 0.191 e. The van der Waals surface area contributed by atoms with Gasteiger partial charge in [-0.25, -0.2) is 8.42 Å². The van der Waals surface area contributed by atoms with Crippen molar-refractivity contribution in [1.82, 2.24) is 10.6 Å². The molecule has 0 aliphatic carbocycles. The first-order chi connectivity index (χ1) is 14.2. The number of guanidine groups is 1. The van der Waals surface area contributed by atoms with Gasteiger partial charge in [0.05, 0.1) is 26.2 Å². The van der Waals surface area contributed by atoms with Gasteiger partial charge in [-0.2, -0.15) is 0 Å². The summed E-state index contributed by atoms with van der Waals surface area (Å²) in [6, 6.07) is 8.91. The fourth-order valence-corrected chi connectivity index (χ4v) is 4.01. The van der Waals surface area contributed by atoms with Crippen LogP contribution in [0.25, 0.3) is 0 Å². The van der Waals surface area contributed by atoms with Crippen molar-refractivity contribution < 1.29 is 22.6 Å². The van der Waals surface area contributed by atoms with Crippen molar-refractivity contribution >= 4 is 15.8 Å². The Balaban J connectivity index is 2.06. The molecule has 9 heteroatoms. The molecule has 0 radical (unpaired) electrons. The summed E-state index contributed by atoms with van der Waals surface area (Å²) < 4.78 is 39.6. The van der Waals surface area contributed by atoms with Crippen LogP contribution in [0.2, 0.25) is 0 Å². The molecule has 30 heavy (non-hydrogen) atoms. The van der Waals surface area contributed by atoms with Crippen LogP contribution in [-0.2, 0) is 22.9 Å². The third-order valence-electron chi connectivity index (χ3n) is 4.56. The number of aryl methyl sites for hydroxylation is 1. The normalized spacial score (nSPS) is 11.7. The summed E-state index contributed by atoms with van der Waals surface area (Å²) >= 11 is 0. The van der Waals surface area contributed by atoms with Gasteiger partial charge in [-0.15, -0.1) is 0 Å². The smallest absolute Gasteiger partial charge is 0.191 e. The van der Waals surface area contributed by atoms with Crippen molar-refractivity contribution in [2.75, 3.05) is 34.6 Å². The number of aliphatic imine (C=N–C) groups is 1. The van der Waals surface area contributed by atoms with E-state index in [0.29, 0.717) is 41.2 Å². The Morgan fingerprint density at radius 3 is 2.07 bits per heavy atom. The molecule has 0 amide bonds. The molecule has 0 heterocycles. The van der Waals surface area contributed by atoms with Crippen LogP contribution in [0.3, 0.4) is 0 Å². The molecule has 0 aromatic heterocycles. The van der Waals surface area contributed by atoms with Crippen molar-refractivity contribution in [2.45, 2.75) is 24.9 Å². The van der Waals surface area contributed by atoms with Crippen molar-refractivity contribution in [3.8, 4) is 17.2 Å². The highest BCUT2D eigenvalue weighted by Gasteiger charge is 2.13. The number of sulfone groups is 1. The second kappa shape index (κ2) is 10.2. The lowest BCUT2D eigenvalue weighted by atomic mass is 10.1. The molecule has 2 aromatic carbocycles. The molecule has 0 aliphatic rings. The van der Waals surface area contributed by atoms with E-state index >= 15 is 0 Å². The molecular weight excluding hydrogens is 406 g/mol. The van der Waals surface area contributed by atoms with Gasteiger partial charge in [0.1, 0.15) is 5.75 Å². The molecule has 0 atom stereocenters. The van der Waals surface area contributed by atoms with Gasteiger partial charge < -0.3 is 24.8 Å². The van der Waals surface area contributed by atoms with Gasteiger partial charge >= 0.3 is 0 Å². The molecule has 0 bridgehead atoms. The topological polar surface area (TPSA) is 98.3 Å². The van der Waals surface area contributed by atoms with E-state index in [9.17, 15) is 8.42 Å². The van der Waals surface area contributed by atoms with Crippen molar-refractivity contribution in [1.29, 1.82) is 0 Å². The van der Waals surface area contributed by atoms with Gasteiger partial charge in [-0.1, -0.05) is 12.1 Å². The number of nitrogens with one attached hydrogen (secondary N) is 2. The van der Waals surface area contributed by atoms with Crippen LogP contribution in [0.1, 0.15) is 16.7 Å². The van der Waals surface area contributed by atoms with Crippen LogP contribution in [-0.4, -0.2) is 49.0 Å². The summed E-state index contributed by atoms with van der Waals surface area (Å²) in [5.41, 5.74) is 2.55. The Kier molecular flexibility index (Phi) is 7.93. The number of hydrogen-bond donors (Lipinski definition) is 2. The lowest BCUT2D eigenvalue weighted by Gasteiger charge is -2.16. The Hall–Kier alpha value is -2.94. The first-order valence-electron chi connectivity index (χ1n) is 9.26. The van der Waals surface area contributed by atoms with Gasteiger partial charge in [0.25, 0.3) is 0 Å². The number of methoxy groups -OCH3 is 3. The minimum absolute atomic E-state index is 0.342. The van der Waals surface area contributed by atoms with E-state index in [1.54, 1.807) is 53.5 Å². The molecule has 2 N–H and O–H groups in total. The van der Waals surface area contributed by atoms with Gasteiger partial charge in [0.15, 0.2) is 27.3 Å². The lowest BCUT2D eigenvalue weighted by Crippen LogP contribution is -2.36. The largest absolute Gasteiger partial charge is 0.496 e. The summed E-state index contributed by atoms with van der Waals surface area (Å²) in [7, 11) is 3.20. The zero-order valence-electron chi connectivity index (χ0n) is 18.2. The van der Waals surface area contributed by atoms with E-state index < -0.39 is 9.84 Å². The highest BCUT2D eigenvalue weighted by Crippen LogP contribution is 2.34. The van der Waals surface area contributed by atoms with E-state index in [4.69, 9.17) is 14.2 Å².